The van der Waals surface area contributed by atoms with Crippen molar-refractivity contribution in [1.29, 1.82) is 5.26 Å². The molecule has 3 N–H and O–H groups in total. The van der Waals surface area contributed by atoms with Gasteiger partial charge in [-0.05, 0) is 19.8 Å². The first-order valence-corrected chi connectivity index (χ1v) is 6.42. The second-order valence-corrected chi connectivity index (χ2v) is 4.92. The lowest BCUT2D eigenvalue weighted by Crippen LogP contribution is -2.41. The van der Waals surface area contributed by atoms with Crippen molar-refractivity contribution >= 4 is 0 Å². The number of rotatable bonds is 1. The SMILES string of the molecule is CCc1[nH]nc2c1[C@@]1(CCO[C@H]1C)C(C#N)=C(N)O2. The largest absolute Gasteiger partial charge is 0.420 e. The number of ether oxygens (including phenoxy) is 2. The molecule has 6 heteroatoms. The second kappa shape index (κ2) is 4.00. The molecular formula is C13H16N4O2. The molecule has 0 amide bonds. The fourth-order valence-electron chi connectivity index (χ4n) is 3.20. The number of aryl methyl sites for hydroxylation is 1. The number of nitriles is 1. The average Bonchev–Trinajstić information content (AvgIpc) is 2.95. The number of nitrogens with one attached hydrogen (secondary N) is 1. The summed E-state index contributed by atoms with van der Waals surface area (Å²) in [4.78, 5) is 0. The van der Waals surface area contributed by atoms with Crippen LogP contribution in [0, 0.1) is 11.3 Å². The fourth-order valence-corrected chi connectivity index (χ4v) is 3.20. The van der Waals surface area contributed by atoms with E-state index in [0.717, 1.165) is 24.1 Å². The predicted octanol–water partition coefficient (Wildman–Crippen LogP) is 1.10. The molecule has 1 aromatic rings. The standard InChI is InChI=1S/C13H16N4O2/c1-3-9-10-12(17-16-9)19-11(15)8(6-14)13(10)4-5-18-7(13)2/h7H,3-5,15H2,1-2H3,(H,16,17)/t7-,13+/m0/s1. The summed E-state index contributed by atoms with van der Waals surface area (Å²) in [6, 6.07) is 2.21. The van der Waals surface area contributed by atoms with Crippen molar-refractivity contribution in [3.63, 3.8) is 0 Å². The van der Waals surface area contributed by atoms with E-state index in [0.29, 0.717) is 18.1 Å². The van der Waals surface area contributed by atoms with Gasteiger partial charge in [0.15, 0.2) is 0 Å². The van der Waals surface area contributed by atoms with Gasteiger partial charge in [-0.2, -0.15) is 5.26 Å². The molecule has 2 aliphatic rings. The van der Waals surface area contributed by atoms with Crippen LogP contribution in [-0.4, -0.2) is 22.9 Å². The summed E-state index contributed by atoms with van der Waals surface area (Å²) in [6.07, 6.45) is 1.39. The highest BCUT2D eigenvalue weighted by molar-refractivity contribution is 5.55. The van der Waals surface area contributed by atoms with Crippen LogP contribution < -0.4 is 10.5 Å². The molecule has 1 fully saturated rings. The Balaban J connectivity index is 2.30. The van der Waals surface area contributed by atoms with Crippen LogP contribution in [0.1, 0.15) is 31.5 Å². The van der Waals surface area contributed by atoms with Crippen molar-refractivity contribution in [3.05, 3.63) is 22.7 Å². The van der Waals surface area contributed by atoms with E-state index < -0.39 is 5.41 Å². The zero-order valence-electron chi connectivity index (χ0n) is 11.0. The lowest BCUT2D eigenvalue weighted by atomic mass is 9.68. The van der Waals surface area contributed by atoms with Crippen LogP contribution in [0.15, 0.2) is 11.5 Å². The molecule has 2 aliphatic heterocycles. The molecule has 0 bridgehead atoms. The third kappa shape index (κ3) is 1.36. The molecule has 1 spiro atoms. The van der Waals surface area contributed by atoms with Crippen molar-refractivity contribution < 1.29 is 9.47 Å². The number of H-pyrrole nitrogens is 1. The first-order chi connectivity index (χ1) is 9.15. The molecule has 0 radical (unpaired) electrons. The van der Waals surface area contributed by atoms with Crippen LogP contribution in [0.3, 0.4) is 0 Å². The third-order valence-electron chi connectivity index (χ3n) is 4.18. The van der Waals surface area contributed by atoms with Crippen molar-refractivity contribution in [2.24, 2.45) is 5.73 Å². The van der Waals surface area contributed by atoms with Crippen LogP contribution in [-0.2, 0) is 16.6 Å². The zero-order valence-corrected chi connectivity index (χ0v) is 11.0. The minimum Gasteiger partial charge on any atom is -0.420 e. The van der Waals surface area contributed by atoms with Gasteiger partial charge >= 0.3 is 0 Å². The van der Waals surface area contributed by atoms with Gasteiger partial charge in [0.25, 0.3) is 0 Å². The lowest BCUT2D eigenvalue weighted by molar-refractivity contribution is 0.0996. The van der Waals surface area contributed by atoms with Gasteiger partial charge in [-0.25, -0.2) is 0 Å². The maximum absolute atomic E-state index is 9.48. The molecule has 0 unspecified atom stereocenters. The molecule has 19 heavy (non-hydrogen) atoms. The Labute approximate surface area is 111 Å². The Kier molecular flexibility index (Phi) is 2.54. The van der Waals surface area contributed by atoms with Crippen molar-refractivity contribution in [3.8, 4) is 11.9 Å². The summed E-state index contributed by atoms with van der Waals surface area (Å²) in [5.74, 6) is 0.618. The summed E-state index contributed by atoms with van der Waals surface area (Å²) < 4.78 is 11.2. The molecule has 0 aromatic carbocycles. The van der Waals surface area contributed by atoms with Gasteiger partial charge in [-0.1, -0.05) is 6.92 Å². The summed E-state index contributed by atoms with van der Waals surface area (Å²) in [7, 11) is 0. The molecular weight excluding hydrogens is 244 g/mol. The maximum atomic E-state index is 9.48. The number of hydrogen-bond donors (Lipinski definition) is 2. The molecule has 2 atom stereocenters. The predicted molar refractivity (Wildman–Crippen MR) is 67.1 cm³/mol. The van der Waals surface area contributed by atoms with Gasteiger partial charge in [-0.15, -0.1) is 5.10 Å². The Morgan fingerprint density at radius 2 is 2.42 bits per heavy atom. The first kappa shape index (κ1) is 12.1. The molecule has 1 aromatic heterocycles. The van der Waals surface area contributed by atoms with E-state index in [-0.39, 0.29) is 12.0 Å². The van der Waals surface area contributed by atoms with E-state index in [4.69, 9.17) is 15.2 Å². The van der Waals surface area contributed by atoms with Crippen LogP contribution in [0.4, 0.5) is 0 Å². The maximum Gasteiger partial charge on any atom is 0.244 e. The summed E-state index contributed by atoms with van der Waals surface area (Å²) in [5.41, 5.74) is 7.75. The molecule has 6 nitrogen and oxygen atoms in total. The number of fused-ring (bicyclic) bond motifs is 2. The Morgan fingerprint density at radius 3 is 3.00 bits per heavy atom. The highest BCUT2D eigenvalue weighted by atomic mass is 16.5. The normalized spacial score (nSPS) is 29.2. The van der Waals surface area contributed by atoms with Crippen LogP contribution in [0.5, 0.6) is 5.88 Å². The summed E-state index contributed by atoms with van der Waals surface area (Å²) in [5, 5.41) is 16.6. The second-order valence-electron chi connectivity index (χ2n) is 4.92. The van der Waals surface area contributed by atoms with Gasteiger partial charge in [0.05, 0.1) is 17.1 Å². The van der Waals surface area contributed by atoms with Crippen LogP contribution >= 0.6 is 0 Å². The Morgan fingerprint density at radius 1 is 1.63 bits per heavy atom. The Bertz CT molecular complexity index is 598. The van der Waals surface area contributed by atoms with E-state index >= 15 is 0 Å². The molecule has 3 rings (SSSR count). The van der Waals surface area contributed by atoms with Crippen molar-refractivity contribution in [1.82, 2.24) is 10.2 Å². The zero-order chi connectivity index (χ0) is 13.6. The van der Waals surface area contributed by atoms with Gasteiger partial charge in [0.1, 0.15) is 11.6 Å². The topological polar surface area (TPSA) is 97.0 Å². The summed E-state index contributed by atoms with van der Waals surface area (Å²) in [6.45, 7) is 4.61. The van der Waals surface area contributed by atoms with E-state index in [9.17, 15) is 5.26 Å². The number of aromatic amines is 1. The molecule has 0 saturated carbocycles. The summed E-state index contributed by atoms with van der Waals surface area (Å²) >= 11 is 0. The number of aromatic nitrogens is 2. The lowest BCUT2D eigenvalue weighted by Gasteiger charge is -2.35. The number of nitrogens with two attached hydrogens (primary N) is 1. The van der Waals surface area contributed by atoms with E-state index in [1.165, 1.54) is 0 Å². The van der Waals surface area contributed by atoms with Gasteiger partial charge in [0.2, 0.25) is 11.8 Å². The van der Waals surface area contributed by atoms with Crippen LogP contribution in [0.25, 0.3) is 0 Å². The quantitative estimate of drug-likeness (QED) is 0.788. The van der Waals surface area contributed by atoms with Gasteiger partial charge in [-0.3, -0.25) is 5.10 Å². The highest BCUT2D eigenvalue weighted by Gasteiger charge is 2.54. The molecule has 0 aliphatic carbocycles. The smallest absolute Gasteiger partial charge is 0.244 e. The van der Waals surface area contributed by atoms with E-state index in [2.05, 4.69) is 16.3 Å². The minimum absolute atomic E-state index is 0.119. The fraction of sp³-hybridized carbons (Fsp3) is 0.538. The molecule has 1 saturated heterocycles. The average molecular weight is 260 g/mol. The van der Waals surface area contributed by atoms with E-state index in [1.807, 2.05) is 13.8 Å². The minimum atomic E-state index is -0.523. The number of hydrogen-bond acceptors (Lipinski definition) is 5. The van der Waals surface area contributed by atoms with Gasteiger partial charge in [0, 0.05) is 12.3 Å². The highest BCUT2D eigenvalue weighted by Crippen LogP contribution is 2.51. The molecule has 100 valence electrons. The van der Waals surface area contributed by atoms with Crippen LogP contribution in [0.2, 0.25) is 0 Å². The van der Waals surface area contributed by atoms with Crippen molar-refractivity contribution in [2.75, 3.05) is 6.61 Å². The molecule has 3 heterocycles. The monoisotopic (exact) mass is 260 g/mol. The third-order valence-corrected chi connectivity index (χ3v) is 4.18. The number of nitrogens with zero attached hydrogens (tertiary/aromatic N) is 2. The first-order valence-electron chi connectivity index (χ1n) is 6.42. The Hall–Kier alpha value is -2.00. The van der Waals surface area contributed by atoms with Crippen molar-refractivity contribution in [2.45, 2.75) is 38.2 Å². The van der Waals surface area contributed by atoms with E-state index in [1.54, 1.807) is 0 Å². The van der Waals surface area contributed by atoms with Gasteiger partial charge < -0.3 is 15.2 Å².